The van der Waals surface area contributed by atoms with Crippen LogP contribution < -0.4 is 10.5 Å². The largest absolute Gasteiger partial charge is 0.496 e. The molecule has 1 fully saturated rings. The average Bonchev–Trinajstić information content (AvgIpc) is 3.28. The van der Waals surface area contributed by atoms with Crippen molar-refractivity contribution in [1.29, 1.82) is 0 Å². The van der Waals surface area contributed by atoms with Crippen LogP contribution in [0, 0.1) is 6.92 Å². The molecule has 0 spiro atoms. The quantitative estimate of drug-likeness (QED) is 0.484. The third-order valence-electron chi connectivity index (χ3n) is 5.77. The zero-order chi connectivity index (χ0) is 24.0. The second-order valence-corrected chi connectivity index (χ2v) is 8.00. The van der Waals surface area contributed by atoms with E-state index in [0.717, 1.165) is 42.0 Å². The van der Waals surface area contributed by atoms with Gasteiger partial charge in [-0.2, -0.15) is 0 Å². The van der Waals surface area contributed by atoms with Gasteiger partial charge in [0.15, 0.2) is 0 Å². The zero-order valence-electron chi connectivity index (χ0n) is 18.9. The van der Waals surface area contributed by atoms with Crippen molar-refractivity contribution in [2.75, 3.05) is 45.6 Å². The number of ether oxygens (including phenoxy) is 1. The summed E-state index contributed by atoms with van der Waals surface area (Å²) in [5.41, 5.74) is 9.26. The van der Waals surface area contributed by atoms with Crippen LogP contribution in [0.1, 0.15) is 21.5 Å². The number of H-pyrrole nitrogens is 1. The van der Waals surface area contributed by atoms with E-state index in [0.29, 0.717) is 18.8 Å². The maximum absolute atomic E-state index is 12.5. The van der Waals surface area contributed by atoms with E-state index in [-0.39, 0.29) is 12.1 Å². The van der Waals surface area contributed by atoms with Crippen LogP contribution in [-0.2, 0) is 6.54 Å². The Labute approximate surface area is 191 Å². The number of halogens is 2. The fraction of sp³-hybridized carbons (Fsp3) is 0.375. The van der Waals surface area contributed by atoms with Crippen molar-refractivity contribution in [1.82, 2.24) is 14.8 Å². The monoisotopic (exact) mass is 460 g/mol. The minimum absolute atomic E-state index is 0.121. The molecule has 1 aliphatic rings. The number of carboxylic acid groups (broad SMARTS) is 1. The van der Waals surface area contributed by atoms with Gasteiger partial charge in [0.25, 0.3) is 6.43 Å². The van der Waals surface area contributed by atoms with Crippen LogP contribution >= 0.6 is 0 Å². The van der Waals surface area contributed by atoms with E-state index >= 15 is 0 Å². The van der Waals surface area contributed by atoms with E-state index in [4.69, 9.17) is 15.6 Å². The van der Waals surface area contributed by atoms with Gasteiger partial charge in [0.05, 0.1) is 19.2 Å². The highest BCUT2D eigenvalue weighted by atomic mass is 19.3. The zero-order valence-corrected chi connectivity index (χ0v) is 18.9. The summed E-state index contributed by atoms with van der Waals surface area (Å²) in [6.45, 7) is 5.70. The number of anilines is 1. The van der Waals surface area contributed by atoms with Crippen molar-refractivity contribution >= 4 is 22.6 Å². The number of benzene rings is 2. The maximum atomic E-state index is 12.5. The topological polar surface area (TPSA) is 94.8 Å². The van der Waals surface area contributed by atoms with Gasteiger partial charge in [0.1, 0.15) is 5.75 Å². The van der Waals surface area contributed by atoms with Crippen LogP contribution in [0.5, 0.6) is 5.75 Å². The van der Waals surface area contributed by atoms with Crippen LogP contribution in [0.25, 0.3) is 10.9 Å². The van der Waals surface area contributed by atoms with Gasteiger partial charge < -0.3 is 20.6 Å². The summed E-state index contributed by atoms with van der Waals surface area (Å²) in [6.07, 6.45) is -0.306. The molecule has 9 heteroatoms. The van der Waals surface area contributed by atoms with Gasteiger partial charge in [-0.05, 0) is 36.8 Å². The lowest BCUT2D eigenvalue weighted by molar-refractivity contribution is 0.0542. The highest BCUT2D eigenvalue weighted by Gasteiger charge is 2.22. The fourth-order valence-electron chi connectivity index (χ4n) is 4.02. The number of nitrogen functional groups attached to an aromatic ring is 1. The number of methoxy groups -OCH3 is 1. The third kappa shape index (κ3) is 6.21. The minimum Gasteiger partial charge on any atom is -0.496 e. The van der Waals surface area contributed by atoms with Crippen molar-refractivity contribution in [2.45, 2.75) is 19.9 Å². The molecular formula is C24H30F2N4O3. The van der Waals surface area contributed by atoms with E-state index in [1.165, 1.54) is 11.5 Å². The number of carboxylic acids is 1. The van der Waals surface area contributed by atoms with Crippen LogP contribution in [0.15, 0.2) is 42.6 Å². The third-order valence-corrected chi connectivity index (χ3v) is 5.77. The van der Waals surface area contributed by atoms with E-state index in [2.05, 4.69) is 28.9 Å². The van der Waals surface area contributed by atoms with Crippen molar-refractivity contribution in [3.8, 4) is 5.75 Å². The van der Waals surface area contributed by atoms with Crippen LogP contribution in [0.3, 0.4) is 0 Å². The molecule has 1 saturated heterocycles. The lowest BCUT2D eigenvalue weighted by Crippen LogP contribution is -2.47. The van der Waals surface area contributed by atoms with Gasteiger partial charge in [-0.15, -0.1) is 0 Å². The molecule has 3 aromatic rings. The summed E-state index contributed by atoms with van der Waals surface area (Å²) in [4.78, 5) is 17.8. The van der Waals surface area contributed by atoms with Gasteiger partial charge in [-0.1, -0.05) is 12.1 Å². The predicted molar refractivity (Wildman–Crippen MR) is 125 cm³/mol. The Morgan fingerprint density at radius 2 is 1.85 bits per heavy atom. The highest BCUT2D eigenvalue weighted by molar-refractivity contribution is 5.93. The number of fused-ring (bicyclic) bond motifs is 1. The first kappa shape index (κ1) is 24.5. The molecule has 0 amide bonds. The molecule has 0 saturated carbocycles. The van der Waals surface area contributed by atoms with E-state index in [1.54, 1.807) is 25.3 Å². The Hall–Kier alpha value is -3.17. The second kappa shape index (κ2) is 11.1. The Balaban J connectivity index is 0.000000257. The molecule has 0 aliphatic carbocycles. The van der Waals surface area contributed by atoms with Crippen molar-refractivity contribution < 1.29 is 23.4 Å². The highest BCUT2D eigenvalue weighted by Crippen LogP contribution is 2.31. The molecule has 0 atom stereocenters. The van der Waals surface area contributed by atoms with E-state index in [9.17, 15) is 13.6 Å². The summed E-state index contributed by atoms with van der Waals surface area (Å²) in [7, 11) is 1.69. The molecule has 0 unspecified atom stereocenters. The first-order valence-electron chi connectivity index (χ1n) is 10.7. The summed E-state index contributed by atoms with van der Waals surface area (Å²) < 4.78 is 30.5. The molecule has 0 radical (unpaired) electrons. The van der Waals surface area contributed by atoms with Crippen molar-refractivity contribution in [3.05, 3.63) is 59.3 Å². The van der Waals surface area contributed by atoms with Gasteiger partial charge in [-0.3, -0.25) is 9.80 Å². The lowest BCUT2D eigenvalue weighted by atomic mass is 10.0. The number of nitrogens with zero attached hydrogens (tertiary/aromatic N) is 2. The summed E-state index contributed by atoms with van der Waals surface area (Å²) in [5, 5.41) is 9.66. The molecule has 33 heavy (non-hydrogen) atoms. The molecule has 4 N–H and O–H groups in total. The Kier molecular flexibility index (Phi) is 8.24. The van der Waals surface area contributed by atoms with Crippen LogP contribution in [-0.4, -0.2) is 72.1 Å². The number of hydrogen-bond acceptors (Lipinski definition) is 5. The van der Waals surface area contributed by atoms with Crippen LogP contribution in [0.2, 0.25) is 0 Å². The number of nitrogens with one attached hydrogen (secondary N) is 1. The van der Waals surface area contributed by atoms with E-state index < -0.39 is 12.4 Å². The molecule has 0 bridgehead atoms. The Bertz CT molecular complexity index is 1080. The summed E-state index contributed by atoms with van der Waals surface area (Å²) in [6, 6.07) is 10.5. The maximum Gasteiger partial charge on any atom is 0.337 e. The molecule has 1 aromatic heterocycles. The molecular weight excluding hydrogens is 430 g/mol. The number of carbonyl (C=O) groups is 1. The number of aromatic amines is 1. The number of nitrogens with two attached hydrogens (primary N) is 1. The number of aromatic carboxylic acids is 1. The standard InChI is InChI=1S/C17H23F2N3O.C7H7NO2/c1-12-9-15(23-2)14(13-3-4-20-17(12)13)10-21-5-7-22(8-6-21)11-16(18)19;8-6-4-2-1-3-5(6)7(9)10/h3-4,9,16,20H,5-8,10-11H2,1-2H3;1-4H,8H2,(H,9,10). The molecule has 7 nitrogen and oxygen atoms in total. The molecule has 4 rings (SSSR count). The number of rotatable bonds is 6. The fourth-order valence-corrected chi connectivity index (χ4v) is 4.02. The van der Waals surface area contributed by atoms with Crippen molar-refractivity contribution in [3.63, 3.8) is 0 Å². The van der Waals surface area contributed by atoms with Gasteiger partial charge in [-0.25, -0.2) is 13.6 Å². The van der Waals surface area contributed by atoms with Crippen molar-refractivity contribution in [2.24, 2.45) is 0 Å². The number of hydrogen-bond donors (Lipinski definition) is 3. The second-order valence-electron chi connectivity index (χ2n) is 8.00. The number of piperazine rings is 1. The van der Waals surface area contributed by atoms with Gasteiger partial charge in [0.2, 0.25) is 0 Å². The molecule has 2 heterocycles. The van der Waals surface area contributed by atoms with Gasteiger partial charge >= 0.3 is 5.97 Å². The van der Waals surface area contributed by atoms with Gasteiger partial charge in [0, 0.05) is 61.1 Å². The Morgan fingerprint density at radius 3 is 2.42 bits per heavy atom. The number of para-hydroxylation sites is 1. The summed E-state index contributed by atoms with van der Waals surface area (Å²) in [5.74, 6) is -0.0947. The normalized spacial score (nSPS) is 14.8. The SMILES string of the molecule is COc1cc(C)c2[nH]ccc2c1CN1CCN(CC(F)F)CC1.Nc1ccccc1C(=O)O. The molecule has 2 aromatic carbocycles. The van der Waals surface area contributed by atoms with E-state index in [1.807, 2.05) is 11.1 Å². The number of aryl methyl sites for hydroxylation is 1. The van der Waals surface area contributed by atoms with Crippen LogP contribution in [0.4, 0.5) is 14.5 Å². The number of alkyl halides is 2. The molecule has 178 valence electrons. The smallest absolute Gasteiger partial charge is 0.337 e. The first-order chi connectivity index (χ1) is 15.8. The lowest BCUT2D eigenvalue weighted by Gasteiger charge is -2.34. The first-order valence-corrected chi connectivity index (χ1v) is 10.7. The number of aromatic nitrogens is 1. The average molecular weight is 461 g/mol. The minimum atomic E-state index is -2.25. The summed E-state index contributed by atoms with van der Waals surface area (Å²) >= 11 is 0. The Morgan fingerprint density at radius 1 is 1.18 bits per heavy atom. The predicted octanol–water partition coefficient (Wildman–Crippen LogP) is 3.83. The molecule has 1 aliphatic heterocycles.